The van der Waals surface area contributed by atoms with E-state index >= 15 is 0 Å². The summed E-state index contributed by atoms with van der Waals surface area (Å²) >= 11 is 3.32. The van der Waals surface area contributed by atoms with Gasteiger partial charge in [-0.1, -0.05) is 15.9 Å². The fraction of sp³-hybridized carbons (Fsp3) is 0.364. The maximum Gasteiger partial charge on any atom is 0.347 e. The summed E-state index contributed by atoms with van der Waals surface area (Å²) in [5.41, 5.74) is 0. The monoisotopic (exact) mass is 272 g/mol. The third-order valence-corrected chi connectivity index (χ3v) is 2.27. The van der Waals surface area contributed by atoms with Gasteiger partial charge in [0.2, 0.25) is 0 Å². The SMILES string of the molecule is CCOC(=O)[C@H](C)Oc1ccc(Br)cc1. The second-order valence-corrected chi connectivity index (χ2v) is 3.88. The van der Waals surface area contributed by atoms with Gasteiger partial charge in [0.15, 0.2) is 6.10 Å². The first-order valence-corrected chi connectivity index (χ1v) is 5.51. The molecule has 15 heavy (non-hydrogen) atoms. The van der Waals surface area contributed by atoms with Crippen LogP contribution in [0.4, 0.5) is 0 Å². The van der Waals surface area contributed by atoms with Crippen LogP contribution in [0.3, 0.4) is 0 Å². The van der Waals surface area contributed by atoms with E-state index in [1.807, 2.05) is 12.1 Å². The summed E-state index contributed by atoms with van der Waals surface area (Å²) in [4.78, 5) is 11.3. The first-order chi connectivity index (χ1) is 7.13. The van der Waals surface area contributed by atoms with Gasteiger partial charge < -0.3 is 9.47 Å². The molecule has 3 nitrogen and oxygen atoms in total. The van der Waals surface area contributed by atoms with Gasteiger partial charge in [-0.3, -0.25) is 0 Å². The van der Waals surface area contributed by atoms with Gasteiger partial charge in [-0.15, -0.1) is 0 Å². The molecule has 0 amide bonds. The Bertz CT molecular complexity index is 321. The van der Waals surface area contributed by atoms with Crippen LogP contribution in [-0.2, 0) is 9.53 Å². The molecule has 1 aromatic carbocycles. The average Bonchev–Trinajstić information content (AvgIpc) is 2.22. The van der Waals surface area contributed by atoms with Crippen LogP contribution in [0, 0.1) is 0 Å². The lowest BCUT2D eigenvalue weighted by Gasteiger charge is -2.13. The normalized spacial score (nSPS) is 11.9. The van der Waals surface area contributed by atoms with Gasteiger partial charge in [0.25, 0.3) is 0 Å². The lowest BCUT2D eigenvalue weighted by molar-refractivity contribution is -0.150. The molecule has 0 aliphatic rings. The molecule has 0 unspecified atom stereocenters. The van der Waals surface area contributed by atoms with Crippen molar-refractivity contribution < 1.29 is 14.3 Å². The Balaban J connectivity index is 2.54. The third-order valence-electron chi connectivity index (χ3n) is 1.75. The molecule has 82 valence electrons. The van der Waals surface area contributed by atoms with Crippen molar-refractivity contribution in [2.75, 3.05) is 6.61 Å². The smallest absolute Gasteiger partial charge is 0.347 e. The van der Waals surface area contributed by atoms with Gasteiger partial charge in [0.1, 0.15) is 5.75 Å². The summed E-state index contributed by atoms with van der Waals surface area (Å²) in [5, 5.41) is 0. The van der Waals surface area contributed by atoms with E-state index in [0.29, 0.717) is 12.4 Å². The van der Waals surface area contributed by atoms with Crippen molar-refractivity contribution in [2.45, 2.75) is 20.0 Å². The third kappa shape index (κ3) is 3.91. The van der Waals surface area contributed by atoms with E-state index in [1.165, 1.54) is 0 Å². The molecule has 1 aromatic rings. The van der Waals surface area contributed by atoms with Crippen LogP contribution in [0.1, 0.15) is 13.8 Å². The van der Waals surface area contributed by atoms with Crippen molar-refractivity contribution >= 4 is 21.9 Å². The minimum Gasteiger partial charge on any atom is -0.479 e. The maximum atomic E-state index is 11.3. The van der Waals surface area contributed by atoms with Gasteiger partial charge in [-0.2, -0.15) is 0 Å². The summed E-state index contributed by atoms with van der Waals surface area (Å²) in [7, 11) is 0. The van der Waals surface area contributed by atoms with E-state index in [2.05, 4.69) is 15.9 Å². The maximum absolute atomic E-state index is 11.3. The Kier molecular flexibility index (Phi) is 4.62. The number of benzene rings is 1. The quantitative estimate of drug-likeness (QED) is 0.791. The van der Waals surface area contributed by atoms with Crippen LogP contribution in [-0.4, -0.2) is 18.7 Å². The number of carbonyl (C=O) groups is 1. The zero-order chi connectivity index (χ0) is 11.3. The highest BCUT2D eigenvalue weighted by atomic mass is 79.9. The van der Waals surface area contributed by atoms with E-state index in [9.17, 15) is 4.79 Å². The van der Waals surface area contributed by atoms with Crippen LogP contribution < -0.4 is 4.74 Å². The largest absolute Gasteiger partial charge is 0.479 e. The van der Waals surface area contributed by atoms with E-state index in [4.69, 9.17) is 9.47 Å². The predicted octanol–water partition coefficient (Wildman–Crippen LogP) is 2.78. The number of ether oxygens (including phenoxy) is 2. The molecule has 0 spiro atoms. The van der Waals surface area contributed by atoms with Crippen molar-refractivity contribution in [2.24, 2.45) is 0 Å². The Morgan fingerprint density at radius 2 is 2.00 bits per heavy atom. The molecular formula is C11H13BrO3. The molecular weight excluding hydrogens is 260 g/mol. The molecule has 0 bridgehead atoms. The van der Waals surface area contributed by atoms with Gasteiger partial charge >= 0.3 is 5.97 Å². The molecule has 0 fully saturated rings. The molecule has 0 saturated carbocycles. The van der Waals surface area contributed by atoms with Crippen LogP contribution >= 0.6 is 15.9 Å². The Morgan fingerprint density at radius 3 is 2.53 bits per heavy atom. The molecule has 1 atom stereocenters. The fourth-order valence-electron chi connectivity index (χ4n) is 1.03. The van der Waals surface area contributed by atoms with Gasteiger partial charge in [-0.05, 0) is 38.1 Å². The summed E-state index contributed by atoms with van der Waals surface area (Å²) in [6.45, 7) is 3.80. The van der Waals surface area contributed by atoms with Crippen molar-refractivity contribution in [1.82, 2.24) is 0 Å². The zero-order valence-electron chi connectivity index (χ0n) is 8.70. The number of rotatable bonds is 4. The van der Waals surface area contributed by atoms with E-state index in [1.54, 1.807) is 26.0 Å². The molecule has 0 saturated heterocycles. The van der Waals surface area contributed by atoms with E-state index < -0.39 is 6.10 Å². The van der Waals surface area contributed by atoms with Gasteiger partial charge in [0, 0.05) is 4.47 Å². The lowest BCUT2D eigenvalue weighted by atomic mass is 10.3. The van der Waals surface area contributed by atoms with Crippen LogP contribution in [0.15, 0.2) is 28.7 Å². The van der Waals surface area contributed by atoms with E-state index in [0.717, 1.165) is 4.47 Å². The van der Waals surface area contributed by atoms with Crippen molar-refractivity contribution in [3.8, 4) is 5.75 Å². The second-order valence-electron chi connectivity index (χ2n) is 2.97. The summed E-state index contributed by atoms with van der Waals surface area (Å²) < 4.78 is 11.2. The van der Waals surface area contributed by atoms with Crippen molar-refractivity contribution in [3.05, 3.63) is 28.7 Å². The van der Waals surface area contributed by atoms with Crippen LogP contribution in [0.25, 0.3) is 0 Å². The lowest BCUT2D eigenvalue weighted by Crippen LogP contribution is -2.25. The minimum atomic E-state index is -0.578. The predicted molar refractivity (Wildman–Crippen MR) is 60.9 cm³/mol. The van der Waals surface area contributed by atoms with Gasteiger partial charge in [-0.25, -0.2) is 4.79 Å². The molecule has 0 N–H and O–H groups in total. The topological polar surface area (TPSA) is 35.5 Å². The molecule has 0 aromatic heterocycles. The van der Waals surface area contributed by atoms with Crippen LogP contribution in [0.5, 0.6) is 5.75 Å². The van der Waals surface area contributed by atoms with Gasteiger partial charge in [0.05, 0.1) is 6.61 Å². The Hall–Kier alpha value is -1.03. The molecule has 1 rings (SSSR count). The highest BCUT2D eigenvalue weighted by molar-refractivity contribution is 9.10. The average molecular weight is 273 g/mol. The van der Waals surface area contributed by atoms with E-state index in [-0.39, 0.29) is 5.97 Å². The first kappa shape index (κ1) is 12.0. The molecule has 4 heteroatoms. The number of carbonyl (C=O) groups excluding carboxylic acids is 1. The Morgan fingerprint density at radius 1 is 1.40 bits per heavy atom. The summed E-state index contributed by atoms with van der Waals surface area (Å²) in [6, 6.07) is 7.29. The number of hydrogen-bond acceptors (Lipinski definition) is 3. The molecule has 0 heterocycles. The molecule has 0 radical (unpaired) electrons. The highest BCUT2D eigenvalue weighted by Gasteiger charge is 2.15. The number of hydrogen-bond donors (Lipinski definition) is 0. The highest BCUT2D eigenvalue weighted by Crippen LogP contribution is 2.17. The second kappa shape index (κ2) is 5.75. The van der Waals surface area contributed by atoms with Crippen molar-refractivity contribution in [3.63, 3.8) is 0 Å². The van der Waals surface area contributed by atoms with Crippen molar-refractivity contribution in [1.29, 1.82) is 0 Å². The fourth-order valence-corrected chi connectivity index (χ4v) is 1.29. The van der Waals surface area contributed by atoms with Crippen LogP contribution in [0.2, 0.25) is 0 Å². The summed E-state index contributed by atoms with van der Waals surface area (Å²) in [6.07, 6.45) is -0.578. The zero-order valence-corrected chi connectivity index (χ0v) is 10.3. The number of esters is 1. The Labute approximate surface area is 97.5 Å². The standard InChI is InChI=1S/C11H13BrO3/c1-3-14-11(13)8(2)15-10-6-4-9(12)5-7-10/h4-8H,3H2,1-2H3/t8-/m0/s1. The first-order valence-electron chi connectivity index (χ1n) is 4.72. The minimum absolute atomic E-state index is 0.347. The molecule has 0 aliphatic carbocycles. The molecule has 0 aliphatic heterocycles. The number of halogens is 1. The summed E-state index contributed by atoms with van der Waals surface area (Å²) in [5.74, 6) is 0.305.